The summed E-state index contributed by atoms with van der Waals surface area (Å²) < 4.78 is 5.43. The van der Waals surface area contributed by atoms with E-state index in [0.29, 0.717) is 5.75 Å². The number of rotatable bonds is 5. The Morgan fingerprint density at radius 1 is 1.07 bits per heavy atom. The van der Waals surface area contributed by atoms with Gasteiger partial charge in [-0.25, -0.2) is 0 Å². The van der Waals surface area contributed by atoms with Crippen LogP contribution in [0.4, 0.5) is 5.69 Å². The highest BCUT2D eigenvalue weighted by molar-refractivity contribution is 8.00. The number of amides is 1. The van der Waals surface area contributed by atoms with Crippen LogP contribution in [0.3, 0.4) is 0 Å². The number of fused-ring (bicyclic) bond motifs is 1. The number of hydrogen-bond donors (Lipinski definition) is 0. The van der Waals surface area contributed by atoms with Gasteiger partial charge in [0.15, 0.2) is 0 Å². The van der Waals surface area contributed by atoms with Gasteiger partial charge < -0.3 is 14.5 Å². The summed E-state index contributed by atoms with van der Waals surface area (Å²) in [6.45, 7) is 5.20. The minimum absolute atomic E-state index is 0.0969. The van der Waals surface area contributed by atoms with Crippen molar-refractivity contribution in [2.45, 2.75) is 5.37 Å². The molecule has 0 aliphatic carbocycles. The van der Waals surface area contributed by atoms with Crippen LogP contribution in [0.15, 0.2) is 36.4 Å². The van der Waals surface area contributed by atoms with Gasteiger partial charge in [0, 0.05) is 51.3 Å². The van der Waals surface area contributed by atoms with E-state index in [1.165, 1.54) is 22.0 Å². The van der Waals surface area contributed by atoms with Crippen LogP contribution in [-0.4, -0.2) is 74.9 Å². The second-order valence-corrected chi connectivity index (χ2v) is 8.39. The molecule has 6 heteroatoms. The van der Waals surface area contributed by atoms with Gasteiger partial charge in [0.2, 0.25) is 5.91 Å². The van der Waals surface area contributed by atoms with Crippen molar-refractivity contribution in [2.24, 2.45) is 0 Å². The first-order valence-corrected chi connectivity index (χ1v) is 10.6. The molecule has 1 atom stereocenters. The molecule has 1 unspecified atom stereocenters. The Labute approximate surface area is 165 Å². The maximum Gasteiger partial charge on any atom is 0.233 e. The van der Waals surface area contributed by atoms with Gasteiger partial charge in [-0.1, -0.05) is 30.3 Å². The summed E-state index contributed by atoms with van der Waals surface area (Å²) in [6.07, 6.45) is 0. The van der Waals surface area contributed by atoms with Crippen LogP contribution in [0.2, 0.25) is 0 Å². The first-order chi connectivity index (χ1) is 13.1. The van der Waals surface area contributed by atoms with Crippen LogP contribution in [0.5, 0.6) is 0 Å². The molecule has 144 valence electrons. The van der Waals surface area contributed by atoms with E-state index in [9.17, 15) is 4.79 Å². The van der Waals surface area contributed by atoms with E-state index in [4.69, 9.17) is 4.74 Å². The van der Waals surface area contributed by atoms with E-state index in [1.807, 2.05) is 0 Å². The van der Waals surface area contributed by atoms with E-state index >= 15 is 0 Å². The zero-order chi connectivity index (χ0) is 18.8. The second-order valence-electron chi connectivity index (χ2n) is 7.32. The van der Waals surface area contributed by atoms with Crippen LogP contribution in [-0.2, 0) is 9.53 Å². The molecule has 0 spiro atoms. The van der Waals surface area contributed by atoms with Crippen molar-refractivity contribution in [3.8, 4) is 0 Å². The molecule has 0 N–H and O–H groups in total. The Morgan fingerprint density at radius 2 is 1.81 bits per heavy atom. The predicted octanol–water partition coefficient (Wildman–Crippen LogP) is 2.81. The molecule has 2 aromatic carbocycles. The van der Waals surface area contributed by atoms with Gasteiger partial charge in [0.05, 0.1) is 19.0 Å². The fourth-order valence-corrected chi connectivity index (χ4v) is 5.19. The summed E-state index contributed by atoms with van der Waals surface area (Å²) in [5.41, 5.74) is 2.46. The topological polar surface area (TPSA) is 36.0 Å². The molecule has 1 amide bonds. The van der Waals surface area contributed by atoms with E-state index in [0.717, 1.165) is 39.4 Å². The number of carbonyl (C=O) groups excluding carboxylic acids is 1. The molecule has 0 saturated carbocycles. The van der Waals surface area contributed by atoms with Crippen LogP contribution in [0.25, 0.3) is 10.8 Å². The van der Waals surface area contributed by atoms with Gasteiger partial charge in [-0.3, -0.25) is 9.69 Å². The molecule has 4 rings (SSSR count). The predicted molar refractivity (Wildman–Crippen MR) is 112 cm³/mol. The lowest BCUT2D eigenvalue weighted by molar-refractivity contribution is -0.128. The van der Waals surface area contributed by atoms with Crippen molar-refractivity contribution < 1.29 is 9.53 Å². The van der Waals surface area contributed by atoms with Gasteiger partial charge in [0.25, 0.3) is 0 Å². The number of anilines is 1. The smallest absolute Gasteiger partial charge is 0.233 e. The maximum atomic E-state index is 12.6. The average Bonchev–Trinajstić information content (AvgIpc) is 3.06. The minimum Gasteiger partial charge on any atom is -0.379 e. The highest BCUT2D eigenvalue weighted by Crippen LogP contribution is 2.42. The van der Waals surface area contributed by atoms with Gasteiger partial charge in [-0.2, -0.15) is 0 Å². The third-order valence-corrected chi connectivity index (χ3v) is 6.65. The van der Waals surface area contributed by atoms with Crippen LogP contribution in [0, 0.1) is 0 Å². The minimum atomic E-state index is 0.0969. The Bertz CT molecular complexity index is 820. The highest BCUT2D eigenvalue weighted by atomic mass is 32.2. The van der Waals surface area contributed by atoms with Gasteiger partial charge in [-0.05, 0) is 17.0 Å². The Hall–Kier alpha value is -1.76. The second kappa shape index (κ2) is 8.09. The molecule has 2 saturated heterocycles. The van der Waals surface area contributed by atoms with Crippen molar-refractivity contribution in [1.29, 1.82) is 0 Å². The lowest BCUT2D eigenvalue weighted by atomic mass is 10.0. The summed E-state index contributed by atoms with van der Waals surface area (Å²) in [4.78, 5) is 19.2. The zero-order valence-corrected chi connectivity index (χ0v) is 16.9. The van der Waals surface area contributed by atoms with Crippen molar-refractivity contribution in [3.63, 3.8) is 0 Å². The van der Waals surface area contributed by atoms with Crippen LogP contribution < -0.4 is 4.90 Å². The summed E-state index contributed by atoms with van der Waals surface area (Å²) in [6, 6.07) is 12.9. The van der Waals surface area contributed by atoms with Crippen molar-refractivity contribution in [1.82, 2.24) is 9.80 Å². The molecule has 2 fully saturated rings. The van der Waals surface area contributed by atoms with E-state index in [-0.39, 0.29) is 11.3 Å². The third kappa shape index (κ3) is 3.79. The molecular weight excluding hydrogens is 358 g/mol. The Kier molecular flexibility index (Phi) is 5.57. The monoisotopic (exact) mass is 385 g/mol. The number of thioether (sulfide) groups is 1. The molecule has 0 bridgehead atoms. The van der Waals surface area contributed by atoms with Crippen molar-refractivity contribution in [2.75, 3.05) is 64.1 Å². The van der Waals surface area contributed by atoms with E-state index < -0.39 is 0 Å². The van der Waals surface area contributed by atoms with E-state index in [2.05, 4.69) is 65.2 Å². The van der Waals surface area contributed by atoms with Gasteiger partial charge >= 0.3 is 0 Å². The molecule has 2 aliphatic heterocycles. The molecule has 0 aromatic heterocycles. The largest absolute Gasteiger partial charge is 0.379 e. The fourth-order valence-electron chi connectivity index (χ4n) is 3.94. The zero-order valence-electron chi connectivity index (χ0n) is 16.1. The molecule has 2 aliphatic rings. The lowest BCUT2D eigenvalue weighted by Gasteiger charge is -2.31. The molecule has 5 nitrogen and oxygen atoms in total. The Morgan fingerprint density at radius 3 is 2.56 bits per heavy atom. The Balaban J connectivity index is 1.61. The summed E-state index contributed by atoms with van der Waals surface area (Å²) >= 11 is 1.75. The van der Waals surface area contributed by atoms with E-state index in [1.54, 1.807) is 11.8 Å². The van der Waals surface area contributed by atoms with Crippen LogP contribution in [0.1, 0.15) is 10.9 Å². The summed E-state index contributed by atoms with van der Waals surface area (Å²) in [5.74, 6) is 0.816. The summed E-state index contributed by atoms with van der Waals surface area (Å²) in [5, 5.41) is 2.58. The molecule has 0 radical (unpaired) electrons. The van der Waals surface area contributed by atoms with Crippen LogP contribution >= 0.6 is 11.8 Å². The fraction of sp³-hybridized carbons (Fsp3) is 0.476. The van der Waals surface area contributed by atoms with Gasteiger partial charge in [0.1, 0.15) is 5.37 Å². The number of carbonyl (C=O) groups is 1. The number of ether oxygens (including phenoxy) is 1. The number of benzene rings is 2. The highest BCUT2D eigenvalue weighted by Gasteiger charge is 2.34. The number of nitrogens with zero attached hydrogens (tertiary/aromatic N) is 3. The number of hydrogen-bond acceptors (Lipinski definition) is 5. The molecular formula is C21H27N3O2S. The lowest BCUT2D eigenvalue weighted by Crippen LogP contribution is -2.42. The average molecular weight is 386 g/mol. The molecule has 2 aromatic rings. The first kappa shape index (κ1) is 18.6. The quantitative estimate of drug-likeness (QED) is 0.791. The summed E-state index contributed by atoms with van der Waals surface area (Å²) in [7, 11) is 4.15. The number of morpholine rings is 1. The van der Waals surface area contributed by atoms with Crippen molar-refractivity contribution in [3.05, 3.63) is 42.0 Å². The van der Waals surface area contributed by atoms with Gasteiger partial charge in [-0.15, -0.1) is 11.8 Å². The standard InChI is InChI=1S/C21H27N3O2S/c1-22(2)19-8-7-18(16-5-3-4-6-17(16)19)21-24(20(25)15-27-21)10-9-23-11-13-26-14-12-23/h3-8,21H,9-15H2,1-2H3. The first-order valence-electron chi connectivity index (χ1n) is 9.55. The molecule has 27 heavy (non-hydrogen) atoms. The SMILES string of the molecule is CN(C)c1ccc(C2SCC(=O)N2CCN2CCOCC2)c2ccccc12. The maximum absolute atomic E-state index is 12.6. The van der Waals surface area contributed by atoms with Crippen molar-refractivity contribution >= 4 is 34.1 Å². The normalized spacial score (nSPS) is 21.2. The third-order valence-electron chi connectivity index (χ3n) is 5.41. The molecule has 2 heterocycles.